The highest BCUT2D eigenvalue weighted by atomic mass is 35.5. The molecule has 0 bridgehead atoms. The maximum atomic E-state index is 13.6. The number of nitrogens with one attached hydrogen (secondary N) is 1. The van der Waals surface area contributed by atoms with E-state index in [2.05, 4.69) is 32.1 Å². The zero-order valence-corrected chi connectivity index (χ0v) is 19.7. The Labute approximate surface area is 198 Å². The summed E-state index contributed by atoms with van der Waals surface area (Å²) in [7, 11) is 0. The molecular weight excluding hydrogens is 474 g/mol. The first kappa shape index (κ1) is 22.9. The van der Waals surface area contributed by atoms with E-state index in [0.29, 0.717) is 46.1 Å². The lowest BCUT2D eigenvalue weighted by Crippen LogP contribution is -2.59. The van der Waals surface area contributed by atoms with Gasteiger partial charge in [0.2, 0.25) is 10.8 Å². The average molecular weight is 499 g/mol. The van der Waals surface area contributed by atoms with Gasteiger partial charge in [-0.15, -0.1) is 0 Å². The molecule has 0 amide bonds. The molecule has 12 heteroatoms. The maximum Gasteiger partial charge on any atom is 0.252 e. The first-order chi connectivity index (χ1) is 15.7. The van der Waals surface area contributed by atoms with E-state index in [1.165, 1.54) is 0 Å². The number of halogens is 3. The number of hydrogen-bond acceptors (Lipinski definition) is 8. The van der Waals surface area contributed by atoms with Crippen LogP contribution in [0.4, 0.5) is 20.5 Å². The van der Waals surface area contributed by atoms with Crippen LogP contribution in [-0.4, -0.2) is 66.0 Å². The number of aliphatic hydroxyl groups is 1. The van der Waals surface area contributed by atoms with E-state index in [4.69, 9.17) is 16.6 Å². The van der Waals surface area contributed by atoms with Crippen LogP contribution in [0.25, 0.3) is 0 Å². The van der Waals surface area contributed by atoms with Crippen LogP contribution in [0.3, 0.4) is 0 Å². The molecule has 3 atom stereocenters. The Morgan fingerprint density at radius 3 is 2.67 bits per heavy atom. The molecule has 2 aliphatic heterocycles. The molecule has 3 aliphatic rings. The minimum absolute atomic E-state index is 0.0840. The highest BCUT2D eigenvalue weighted by Gasteiger charge is 2.57. The Bertz CT molecular complexity index is 1040. The predicted molar refractivity (Wildman–Crippen MR) is 120 cm³/mol. The van der Waals surface area contributed by atoms with E-state index in [-0.39, 0.29) is 12.0 Å². The van der Waals surface area contributed by atoms with Crippen LogP contribution in [0, 0.1) is 0 Å². The van der Waals surface area contributed by atoms with Gasteiger partial charge in [-0.05, 0) is 30.9 Å². The third-order valence-corrected chi connectivity index (χ3v) is 8.35. The molecule has 33 heavy (non-hydrogen) atoms. The van der Waals surface area contributed by atoms with Gasteiger partial charge in [-0.3, -0.25) is 0 Å². The first-order valence-corrected chi connectivity index (χ1v) is 12.7. The van der Waals surface area contributed by atoms with Crippen molar-refractivity contribution in [2.24, 2.45) is 0 Å². The Kier molecular flexibility index (Phi) is 5.87. The van der Waals surface area contributed by atoms with E-state index in [9.17, 15) is 18.4 Å². The van der Waals surface area contributed by atoms with Gasteiger partial charge in [-0.2, -0.15) is 4.98 Å². The van der Waals surface area contributed by atoms with Crippen LogP contribution in [-0.2, 0) is 17.6 Å². The monoisotopic (exact) mass is 498 g/mol. The van der Waals surface area contributed by atoms with Gasteiger partial charge in [0.05, 0.1) is 17.2 Å². The van der Waals surface area contributed by atoms with Gasteiger partial charge in [-0.1, -0.05) is 11.6 Å². The SMILES string of the molecule is C[C@H]1CC(c2ncc(Cl)cn2)CCN1c1nc2c(c(NC3(CO)CC(F)(F)C3)n1)[S@+]([O-])CC2. The van der Waals surface area contributed by atoms with Crippen molar-refractivity contribution in [3.63, 3.8) is 0 Å². The summed E-state index contributed by atoms with van der Waals surface area (Å²) in [4.78, 5) is 20.6. The number of fused-ring (bicyclic) bond motifs is 1. The summed E-state index contributed by atoms with van der Waals surface area (Å²) in [5.74, 6) is -0.676. The molecule has 2 aromatic heterocycles. The number of aliphatic hydroxyl groups excluding tert-OH is 1. The first-order valence-electron chi connectivity index (χ1n) is 11.0. The van der Waals surface area contributed by atoms with Crippen LogP contribution in [0.2, 0.25) is 5.02 Å². The van der Waals surface area contributed by atoms with Crippen molar-refractivity contribution in [1.29, 1.82) is 0 Å². The molecule has 8 nitrogen and oxygen atoms in total. The molecule has 2 N–H and O–H groups in total. The lowest BCUT2D eigenvalue weighted by molar-refractivity contribution is -0.126. The summed E-state index contributed by atoms with van der Waals surface area (Å²) < 4.78 is 39.9. The number of anilines is 2. The van der Waals surface area contributed by atoms with Gasteiger partial charge >= 0.3 is 0 Å². The number of hydrogen-bond donors (Lipinski definition) is 2. The Morgan fingerprint density at radius 1 is 1.30 bits per heavy atom. The summed E-state index contributed by atoms with van der Waals surface area (Å²) in [6, 6.07) is 0.0840. The molecule has 1 saturated carbocycles. The molecule has 0 spiro atoms. The van der Waals surface area contributed by atoms with Gasteiger partial charge < -0.3 is 19.9 Å². The second-order valence-electron chi connectivity index (χ2n) is 9.24. The maximum absolute atomic E-state index is 13.6. The van der Waals surface area contributed by atoms with Crippen molar-refractivity contribution in [1.82, 2.24) is 19.9 Å². The van der Waals surface area contributed by atoms with Crippen molar-refractivity contribution >= 4 is 34.5 Å². The van der Waals surface area contributed by atoms with Crippen LogP contribution in [0.1, 0.15) is 50.0 Å². The van der Waals surface area contributed by atoms with Gasteiger partial charge in [0.25, 0.3) is 5.92 Å². The molecule has 2 fully saturated rings. The van der Waals surface area contributed by atoms with Gasteiger partial charge in [0.15, 0.2) is 5.82 Å². The zero-order valence-electron chi connectivity index (χ0n) is 18.1. The minimum Gasteiger partial charge on any atom is -0.611 e. The molecule has 1 unspecified atom stereocenters. The van der Waals surface area contributed by atoms with E-state index in [1.54, 1.807) is 12.4 Å². The number of nitrogens with zero attached hydrogens (tertiary/aromatic N) is 5. The lowest BCUT2D eigenvalue weighted by Gasteiger charge is -2.47. The van der Waals surface area contributed by atoms with E-state index in [0.717, 1.165) is 18.7 Å². The van der Waals surface area contributed by atoms with Crippen LogP contribution < -0.4 is 10.2 Å². The average Bonchev–Trinajstić information content (AvgIpc) is 3.13. The third kappa shape index (κ3) is 4.36. The van der Waals surface area contributed by atoms with Crippen LogP contribution >= 0.6 is 11.6 Å². The van der Waals surface area contributed by atoms with Crippen LogP contribution in [0.5, 0.6) is 0 Å². The van der Waals surface area contributed by atoms with Crippen molar-refractivity contribution in [2.45, 2.75) is 67.3 Å². The van der Waals surface area contributed by atoms with Gasteiger partial charge in [-0.25, -0.2) is 23.7 Å². The fourth-order valence-corrected chi connectivity index (χ4v) is 6.47. The van der Waals surface area contributed by atoms with Crippen molar-refractivity contribution in [3.05, 3.63) is 28.9 Å². The number of aryl methyl sites for hydroxylation is 1. The minimum atomic E-state index is -2.83. The third-order valence-electron chi connectivity index (χ3n) is 6.69. The summed E-state index contributed by atoms with van der Waals surface area (Å²) in [6.07, 6.45) is 4.36. The second kappa shape index (κ2) is 8.44. The fraction of sp³-hybridized carbons (Fsp3) is 0.619. The van der Waals surface area contributed by atoms with Gasteiger partial charge in [0.1, 0.15) is 17.3 Å². The summed E-state index contributed by atoms with van der Waals surface area (Å²) in [5.41, 5.74) is -0.490. The number of aromatic nitrogens is 4. The van der Waals surface area contributed by atoms with Crippen molar-refractivity contribution in [3.8, 4) is 0 Å². The Morgan fingerprint density at radius 2 is 2.03 bits per heavy atom. The van der Waals surface area contributed by atoms with Crippen LogP contribution in [0.15, 0.2) is 17.3 Å². The molecular formula is C21H25ClF2N6O2S. The molecule has 1 aliphatic carbocycles. The summed E-state index contributed by atoms with van der Waals surface area (Å²) >= 11 is 4.61. The highest BCUT2D eigenvalue weighted by Crippen LogP contribution is 2.48. The van der Waals surface area contributed by atoms with Crippen molar-refractivity contribution < 1.29 is 18.4 Å². The molecule has 0 aromatic carbocycles. The molecule has 2 aromatic rings. The highest BCUT2D eigenvalue weighted by molar-refractivity contribution is 7.91. The van der Waals surface area contributed by atoms with Crippen molar-refractivity contribution in [2.75, 3.05) is 29.1 Å². The fourth-order valence-electron chi connectivity index (χ4n) is 5.06. The molecule has 0 radical (unpaired) electrons. The number of alkyl halides is 2. The van der Waals surface area contributed by atoms with E-state index in [1.807, 2.05) is 0 Å². The predicted octanol–water partition coefficient (Wildman–Crippen LogP) is 2.93. The summed E-state index contributed by atoms with van der Waals surface area (Å²) in [6.45, 7) is 2.29. The smallest absolute Gasteiger partial charge is 0.252 e. The van der Waals surface area contributed by atoms with E-state index >= 15 is 0 Å². The zero-order chi connectivity index (χ0) is 23.4. The largest absolute Gasteiger partial charge is 0.611 e. The standard InChI is InChI=1S/C21H25ClF2N6O2S/c1-12-6-13(17-25-7-14(22)8-26-17)2-4-30(12)19-27-15-3-5-33(32)16(15)18(28-19)29-20(11-31)9-21(23,24)10-20/h7-8,12-13,31H,2-6,9-11H2,1H3,(H,27,28,29)/t12-,13?,33+/m0/s1. The quantitative estimate of drug-likeness (QED) is 0.605. The van der Waals surface area contributed by atoms with Gasteiger partial charge in [0, 0.05) is 50.2 Å². The number of rotatable bonds is 5. The molecule has 178 valence electrons. The normalized spacial score (nSPS) is 27.7. The number of piperidine rings is 1. The Hall–Kier alpha value is -1.82. The van der Waals surface area contributed by atoms with E-state index < -0.39 is 42.1 Å². The second-order valence-corrected chi connectivity index (χ2v) is 11.2. The lowest BCUT2D eigenvalue weighted by atomic mass is 9.74. The molecule has 5 rings (SSSR count). The summed E-state index contributed by atoms with van der Waals surface area (Å²) in [5, 5.41) is 13.3. The topological polar surface area (TPSA) is 110 Å². The molecule has 4 heterocycles. The molecule has 1 saturated heterocycles. The Balaban J connectivity index is 1.40.